The zero-order valence-electron chi connectivity index (χ0n) is 13.2. The molecular weight excluding hydrogens is 290 g/mol. The molecule has 1 unspecified atom stereocenters. The van der Waals surface area contributed by atoms with Crippen LogP contribution in [0, 0.1) is 13.8 Å². The second kappa shape index (κ2) is 6.20. The first-order valence-electron chi connectivity index (χ1n) is 7.65. The summed E-state index contributed by atoms with van der Waals surface area (Å²) in [5.74, 6) is -0.883. The average molecular weight is 309 g/mol. The highest BCUT2D eigenvalue weighted by Gasteiger charge is 2.23. The van der Waals surface area contributed by atoms with Crippen LogP contribution >= 0.6 is 0 Å². The number of rotatable bonds is 5. The molecule has 0 saturated heterocycles. The molecule has 0 aliphatic carbocycles. The Morgan fingerprint density at radius 2 is 1.87 bits per heavy atom. The molecule has 23 heavy (non-hydrogen) atoms. The number of carbonyl (C=O) groups is 1. The monoisotopic (exact) mass is 309 g/mol. The number of fused-ring (bicyclic) bond motifs is 1. The Morgan fingerprint density at radius 3 is 2.57 bits per heavy atom. The van der Waals surface area contributed by atoms with E-state index in [0.29, 0.717) is 12.8 Å². The lowest BCUT2D eigenvalue weighted by Gasteiger charge is -2.13. The van der Waals surface area contributed by atoms with Crippen LogP contribution in [-0.4, -0.2) is 26.1 Å². The van der Waals surface area contributed by atoms with Gasteiger partial charge in [-0.3, -0.25) is 0 Å². The lowest BCUT2D eigenvalue weighted by atomic mass is 10.0. The Kier molecular flexibility index (Phi) is 4.10. The van der Waals surface area contributed by atoms with E-state index in [9.17, 15) is 9.90 Å². The van der Waals surface area contributed by atoms with Crippen LogP contribution in [0.25, 0.3) is 11.0 Å². The summed E-state index contributed by atoms with van der Waals surface area (Å²) >= 11 is 0. The summed E-state index contributed by atoms with van der Waals surface area (Å²) in [6.45, 7) is 4.02. The molecule has 5 heteroatoms. The predicted octanol–water partition coefficient (Wildman–Crippen LogP) is 3.31. The van der Waals surface area contributed by atoms with Gasteiger partial charge in [-0.05, 0) is 55.5 Å². The van der Waals surface area contributed by atoms with Gasteiger partial charge in [0.05, 0.1) is 5.52 Å². The van der Waals surface area contributed by atoms with Crippen LogP contribution < -0.4 is 0 Å². The van der Waals surface area contributed by atoms with E-state index in [1.807, 2.05) is 56.3 Å². The molecule has 1 N–H and O–H groups in total. The average Bonchev–Trinajstić information content (AvgIpc) is 2.91. The molecule has 1 aromatic heterocycles. The van der Waals surface area contributed by atoms with Crippen LogP contribution in [0.1, 0.15) is 29.2 Å². The summed E-state index contributed by atoms with van der Waals surface area (Å²) < 4.78 is 1.53. The topological polar surface area (TPSA) is 68.0 Å². The Bertz CT molecular complexity index is 840. The predicted molar refractivity (Wildman–Crippen MR) is 88.4 cm³/mol. The lowest BCUT2D eigenvalue weighted by molar-refractivity contribution is -0.141. The second-order valence-corrected chi connectivity index (χ2v) is 5.84. The summed E-state index contributed by atoms with van der Waals surface area (Å²) in [6, 6.07) is 13.1. The quantitative estimate of drug-likeness (QED) is 0.785. The van der Waals surface area contributed by atoms with Crippen molar-refractivity contribution in [2.75, 3.05) is 0 Å². The van der Waals surface area contributed by atoms with E-state index in [-0.39, 0.29) is 0 Å². The van der Waals surface area contributed by atoms with Crippen molar-refractivity contribution in [3.63, 3.8) is 0 Å². The van der Waals surface area contributed by atoms with E-state index in [0.717, 1.165) is 27.7 Å². The molecule has 118 valence electrons. The molecule has 5 nitrogen and oxygen atoms in total. The van der Waals surface area contributed by atoms with Crippen LogP contribution in [0.4, 0.5) is 0 Å². The maximum absolute atomic E-state index is 11.7. The molecule has 0 radical (unpaired) electrons. The number of aryl methyl sites for hydroxylation is 3. The third-order valence-corrected chi connectivity index (χ3v) is 4.22. The summed E-state index contributed by atoms with van der Waals surface area (Å²) in [4.78, 5) is 11.7. The first kappa shape index (κ1) is 15.2. The Balaban J connectivity index is 1.92. The highest BCUT2D eigenvalue weighted by atomic mass is 16.4. The number of hydrogen-bond donors (Lipinski definition) is 1. The Hall–Kier alpha value is -2.69. The van der Waals surface area contributed by atoms with Gasteiger partial charge in [-0.2, -0.15) is 0 Å². The molecule has 3 rings (SSSR count). The highest BCUT2D eigenvalue weighted by Crippen LogP contribution is 2.23. The number of carboxylic acid groups (broad SMARTS) is 1. The van der Waals surface area contributed by atoms with Gasteiger partial charge in [0.2, 0.25) is 0 Å². The molecule has 2 aromatic carbocycles. The van der Waals surface area contributed by atoms with Gasteiger partial charge in [0.1, 0.15) is 5.52 Å². The zero-order valence-corrected chi connectivity index (χ0v) is 13.2. The third kappa shape index (κ3) is 3.08. The number of nitrogens with zero attached hydrogens (tertiary/aromatic N) is 3. The molecule has 0 amide bonds. The minimum Gasteiger partial charge on any atom is -0.480 e. The van der Waals surface area contributed by atoms with Gasteiger partial charge in [0.15, 0.2) is 6.04 Å². The maximum Gasteiger partial charge on any atom is 0.328 e. The van der Waals surface area contributed by atoms with Crippen molar-refractivity contribution >= 4 is 17.0 Å². The maximum atomic E-state index is 11.7. The summed E-state index contributed by atoms with van der Waals surface area (Å²) in [5, 5.41) is 17.8. The van der Waals surface area contributed by atoms with Crippen LogP contribution in [0.2, 0.25) is 0 Å². The Labute approximate surface area is 134 Å². The molecule has 0 fully saturated rings. The molecule has 3 aromatic rings. The van der Waals surface area contributed by atoms with Gasteiger partial charge in [-0.1, -0.05) is 35.5 Å². The van der Waals surface area contributed by atoms with Gasteiger partial charge < -0.3 is 5.11 Å². The van der Waals surface area contributed by atoms with Crippen molar-refractivity contribution in [3.05, 3.63) is 59.2 Å². The van der Waals surface area contributed by atoms with E-state index >= 15 is 0 Å². The normalized spacial score (nSPS) is 12.4. The SMILES string of the molecule is Cc1cc2nnn(C(CCc3ccccc3)C(=O)O)c2cc1C. The Morgan fingerprint density at radius 1 is 1.17 bits per heavy atom. The number of aromatic nitrogens is 3. The van der Waals surface area contributed by atoms with Gasteiger partial charge in [-0.25, -0.2) is 9.48 Å². The third-order valence-electron chi connectivity index (χ3n) is 4.22. The standard InChI is InChI=1S/C18H19N3O2/c1-12-10-15-17(11-13(12)2)21(20-19-15)16(18(22)23)9-8-14-6-4-3-5-7-14/h3-7,10-11,16H,8-9H2,1-2H3,(H,22,23). The number of aliphatic carboxylic acids is 1. The van der Waals surface area contributed by atoms with Gasteiger partial charge in [-0.15, -0.1) is 5.10 Å². The molecule has 0 saturated carbocycles. The first-order chi connectivity index (χ1) is 11.1. The molecule has 0 spiro atoms. The first-order valence-corrected chi connectivity index (χ1v) is 7.65. The highest BCUT2D eigenvalue weighted by molar-refractivity contribution is 5.80. The molecule has 1 atom stereocenters. The van der Waals surface area contributed by atoms with Crippen LogP contribution in [-0.2, 0) is 11.2 Å². The van der Waals surface area contributed by atoms with E-state index in [4.69, 9.17) is 0 Å². The van der Waals surface area contributed by atoms with Gasteiger partial charge >= 0.3 is 5.97 Å². The molecule has 0 bridgehead atoms. The molecule has 0 aliphatic rings. The minimum absolute atomic E-state index is 0.477. The smallest absolute Gasteiger partial charge is 0.328 e. The lowest BCUT2D eigenvalue weighted by Crippen LogP contribution is -2.21. The summed E-state index contributed by atoms with van der Waals surface area (Å²) in [6.07, 6.45) is 1.16. The number of hydrogen-bond acceptors (Lipinski definition) is 3. The van der Waals surface area contributed by atoms with Gasteiger partial charge in [0, 0.05) is 0 Å². The molecule has 0 aliphatic heterocycles. The van der Waals surface area contributed by atoms with Crippen molar-refractivity contribution in [2.45, 2.75) is 32.7 Å². The van der Waals surface area contributed by atoms with Crippen LogP contribution in [0.3, 0.4) is 0 Å². The largest absolute Gasteiger partial charge is 0.480 e. The summed E-state index contributed by atoms with van der Waals surface area (Å²) in [7, 11) is 0. The summed E-state index contributed by atoms with van der Waals surface area (Å²) in [5.41, 5.74) is 4.86. The molecule has 1 heterocycles. The van der Waals surface area contributed by atoms with Crippen molar-refractivity contribution in [2.24, 2.45) is 0 Å². The fraction of sp³-hybridized carbons (Fsp3) is 0.278. The fourth-order valence-corrected chi connectivity index (χ4v) is 2.72. The van der Waals surface area contributed by atoms with Crippen LogP contribution in [0.15, 0.2) is 42.5 Å². The van der Waals surface area contributed by atoms with E-state index < -0.39 is 12.0 Å². The zero-order chi connectivity index (χ0) is 16.4. The number of carboxylic acids is 1. The van der Waals surface area contributed by atoms with Gasteiger partial charge in [0.25, 0.3) is 0 Å². The van der Waals surface area contributed by atoms with Crippen molar-refractivity contribution in [3.8, 4) is 0 Å². The van der Waals surface area contributed by atoms with Crippen LogP contribution in [0.5, 0.6) is 0 Å². The minimum atomic E-state index is -0.883. The second-order valence-electron chi connectivity index (χ2n) is 5.84. The van der Waals surface area contributed by atoms with Crippen molar-refractivity contribution in [1.29, 1.82) is 0 Å². The van der Waals surface area contributed by atoms with E-state index in [1.54, 1.807) is 0 Å². The van der Waals surface area contributed by atoms with E-state index in [2.05, 4.69) is 10.3 Å². The molecular formula is C18H19N3O2. The van der Waals surface area contributed by atoms with E-state index in [1.165, 1.54) is 4.68 Å². The fourth-order valence-electron chi connectivity index (χ4n) is 2.72. The van der Waals surface area contributed by atoms with Crippen molar-refractivity contribution < 1.29 is 9.90 Å². The van der Waals surface area contributed by atoms with Crippen molar-refractivity contribution in [1.82, 2.24) is 15.0 Å². The number of benzene rings is 2.